The maximum absolute atomic E-state index is 12.2. The quantitative estimate of drug-likeness (QED) is 0.135. The normalized spacial score (nSPS) is 13.5. The van der Waals surface area contributed by atoms with Gasteiger partial charge in [0.1, 0.15) is 5.75 Å². The molecular weight excluding hydrogens is 400 g/mol. The summed E-state index contributed by atoms with van der Waals surface area (Å²) in [5.74, 6) is -0.746. The number of esters is 1. The van der Waals surface area contributed by atoms with Crippen LogP contribution in [0.1, 0.15) is 91.8 Å². The van der Waals surface area contributed by atoms with E-state index >= 15 is 0 Å². The SMILES string of the molecule is CC/C=C\C/C=C\C/C=C\CCCCCCCC(=O)Oc1cccc2c1C(=O)C=CC2=O. The molecule has 0 heterocycles. The minimum Gasteiger partial charge on any atom is -0.426 e. The monoisotopic (exact) mass is 434 g/mol. The van der Waals surface area contributed by atoms with E-state index in [0.29, 0.717) is 6.42 Å². The van der Waals surface area contributed by atoms with Gasteiger partial charge in [0.05, 0.1) is 5.56 Å². The Kier molecular flexibility index (Phi) is 11.8. The maximum Gasteiger partial charge on any atom is 0.311 e. The molecule has 0 aromatic heterocycles. The van der Waals surface area contributed by atoms with Crippen molar-refractivity contribution >= 4 is 17.5 Å². The van der Waals surface area contributed by atoms with E-state index in [1.807, 2.05) is 0 Å². The topological polar surface area (TPSA) is 60.4 Å². The molecule has 32 heavy (non-hydrogen) atoms. The summed E-state index contributed by atoms with van der Waals surface area (Å²) < 4.78 is 5.39. The van der Waals surface area contributed by atoms with Crippen molar-refractivity contribution in [1.29, 1.82) is 0 Å². The van der Waals surface area contributed by atoms with Crippen LogP contribution in [-0.4, -0.2) is 17.5 Å². The summed E-state index contributed by atoms with van der Waals surface area (Å²) >= 11 is 0. The Morgan fingerprint density at radius 3 is 2.25 bits per heavy atom. The zero-order valence-electron chi connectivity index (χ0n) is 19.1. The van der Waals surface area contributed by atoms with E-state index in [9.17, 15) is 14.4 Å². The summed E-state index contributed by atoms with van der Waals surface area (Å²) in [6, 6.07) is 4.77. The van der Waals surface area contributed by atoms with Crippen molar-refractivity contribution in [2.75, 3.05) is 0 Å². The van der Waals surface area contributed by atoms with E-state index in [-0.39, 0.29) is 34.4 Å². The van der Waals surface area contributed by atoms with E-state index in [1.165, 1.54) is 12.2 Å². The van der Waals surface area contributed by atoms with Crippen LogP contribution in [0.25, 0.3) is 0 Å². The summed E-state index contributed by atoms with van der Waals surface area (Å²) in [5, 5.41) is 0. The second-order valence-electron chi connectivity index (χ2n) is 7.81. The number of ether oxygens (including phenoxy) is 1. The smallest absolute Gasteiger partial charge is 0.311 e. The van der Waals surface area contributed by atoms with Gasteiger partial charge in [0.2, 0.25) is 0 Å². The van der Waals surface area contributed by atoms with Crippen LogP contribution in [-0.2, 0) is 4.79 Å². The van der Waals surface area contributed by atoms with Crippen LogP contribution in [0.2, 0.25) is 0 Å². The molecule has 2 rings (SSSR count). The fourth-order valence-corrected chi connectivity index (χ4v) is 3.46. The van der Waals surface area contributed by atoms with Crippen LogP contribution in [0.3, 0.4) is 0 Å². The van der Waals surface area contributed by atoms with Crippen molar-refractivity contribution in [2.24, 2.45) is 0 Å². The first-order valence-corrected chi connectivity index (χ1v) is 11.7. The van der Waals surface area contributed by atoms with E-state index < -0.39 is 0 Å². The summed E-state index contributed by atoms with van der Waals surface area (Å²) in [6.45, 7) is 2.14. The Morgan fingerprint density at radius 1 is 0.812 bits per heavy atom. The van der Waals surface area contributed by atoms with E-state index in [4.69, 9.17) is 4.74 Å². The first-order valence-electron chi connectivity index (χ1n) is 11.7. The van der Waals surface area contributed by atoms with Crippen molar-refractivity contribution < 1.29 is 19.1 Å². The second kappa shape index (κ2) is 14.9. The number of carbonyl (C=O) groups excluding carboxylic acids is 3. The standard InChI is InChI=1S/C28H34O4/c1-2-3-4-5-6-7-8-9-10-11-12-13-14-15-16-20-27(31)32-26-19-17-18-23-24(29)21-22-25(30)28(23)26/h3-4,6-7,9-10,17-19,21-22H,2,5,8,11-16,20H2,1H3/b4-3-,7-6-,10-9-. The van der Waals surface area contributed by atoms with Crippen molar-refractivity contribution in [2.45, 2.75) is 71.1 Å². The first-order chi connectivity index (χ1) is 15.6. The van der Waals surface area contributed by atoms with Gasteiger partial charge in [-0.05, 0) is 56.7 Å². The predicted molar refractivity (Wildman–Crippen MR) is 129 cm³/mol. The van der Waals surface area contributed by atoms with Gasteiger partial charge in [-0.15, -0.1) is 0 Å². The maximum atomic E-state index is 12.2. The average Bonchev–Trinajstić information content (AvgIpc) is 2.79. The van der Waals surface area contributed by atoms with Crippen molar-refractivity contribution in [3.05, 3.63) is 77.9 Å². The number of hydrogen-bond donors (Lipinski definition) is 0. The molecule has 0 spiro atoms. The molecule has 0 atom stereocenters. The van der Waals surface area contributed by atoms with Crippen molar-refractivity contribution in [1.82, 2.24) is 0 Å². The number of ketones is 2. The molecule has 1 aliphatic carbocycles. The first kappa shape index (κ1) is 25.3. The van der Waals surface area contributed by atoms with Crippen LogP contribution in [0, 0.1) is 0 Å². The molecule has 1 aromatic rings. The number of unbranched alkanes of at least 4 members (excludes halogenated alkanes) is 5. The van der Waals surface area contributed by atoms with Crippen molar-refractivity contribution in [3.8, 4) is 5.75 Å². The lowest BCUT2D eigenvalue weighted by Gasteiger charge is -2.13. The zero-order chi connectivity index (χ0) is 23.0. The van der Waals surface area contributed by atoms with Gasteiger partial charge in [-0.3, -0.25) is 14.4 Å². The summed E-state index contributed by atoms with van der Waals surface area (Å²) in [7, 11) is 0. The van der Waals surface area contributed by atoms with Gasteiger partial charge < -0.3 is 4.74 Å². The Hall–Kier alpha value is -3.01. The molecule has 1 aliphatic rings. The lowest BCUT2D eigenvalue weighted by Crippen LogP contribution is -2.16. The minimum absolute atomic E-state index is 0.175. The summed E-state index contributed by atoms with van der Waals surface area (Å²) in [4.78, 5) is 36.2. The van der Waals surface area contributed by atoms with Gasteiger partial charge in [0, 0.05) is 12.0 Å². The highest BCUT2D eigenvalue weighted by Gasteiger charge is 2.24. The molecule has 0 saturated carbocycles. The molecule has 0 unspecified atom stereocenters. The van der Waals surface area contributed by atoms with Crippen LogP contribution in [0.15, 0.2) is 66.8 Å². The van der Waals surface area contributed by atoms with Crippen LogP contribution in [0.4, 0.5) is 0 Å². The third-order valence-corrected chi connectivity index (χ3v) is 5.18. The number of rotatable bonds is 14. The molecule has 0 radical (unpaired) electrons. The number of carbonyl (C=O) groups is 3. The minimum atomic E-state index is -0.366. The molecule has 0 N–H and O–H groups in total. The second-order valence-corrected chi connectivity index (χ2v) is 7.81. The third kappa shape index (κ3) is 9.01. The fraction of sp³-hybridized carbons (Fsp3) is 0.393. The van der Waals surface area contributed by atoms with Gasteiger partial charge in [-0.25, -0.2) is 0 Å². The van der Waals surface area contributed by atoms with E-state index in [1.54, 1.807) is 18.2 Å². The average molecular weight is 435 g/mol. The summed E-state index contributed by atoms with van der Waals surface area (Å²) in [5.41, 5.74) is 0.474. The van der Waals surface area contributed by atoms with Crippen molar-refractivity contribution in [3.63, 3.8) is 0 Å². The highest BCUT2D eigenvalue weighted by molar-refractivity contribution is 6.23. The van der Waals surface area contributed by atoms with Gasteiger partial charge in [0.25, 0.3) is 0 Å². The number of hydrogen-bond acceptors (Lipinski definition) is 4. The molecule has 4 heteroatoms. The Labute approximate surface area is 191 Å². The fourth-order valence-electron chi connectivity index (χ4n) is 3.46. The number of allylic oxidation sites excluding steroid dienone is 8. The largest absolute Gasteiger partial charge is 0.426 e. The molecule has 4 nitrogen and oxygen atoms in total. The predicted octanol–water partition coefficient (Wildman–Crippen LogP) is 7.12. The molecule has 0 fully saturated rings. The van der Waals surface area contributed by atoms with Gasteiger partial charge >= 0.3 is 5.97 Å². The number of benzene rings is 1. The third-order valence-electron chi connectivity index (χ3n) is 5.18. The van der Waals surface area contributed by atoms with Gasteiger partial charge in [-0.1, -0.05) is 74.8 Å². The van der Waals surface area contributed by atoms with Crippen LogP contribution in [0.5, 0.6) is 5.75 Å². The Balaban J connectivity index is 1.55. The molecular formula is C28H34O4. The van der Waals surface area contributed by atoms with E-state index in [2.05, 4.69) is 43.4 Å². The highest BCUT2D eigenvalue weighted by atomic mass is 16.5. The number of fused-ring (bicyclic) bond motifs is 1. The molecule has 0 amide bonds. The molecule has 170 valence electrons. The molecule has 0 aliphatic heterocycles. The summed E-state index contributed by atoms with van der Waals surface area (Å²) in [6.07, 6.45) is 25.3. The van der Waals surface area contributed by atoms with Crippen LogP contribution >= 0.6 is 0 Å². The zero-order valence-corrected chi connectivity index (χ0v) is 19.1. The lowest BCUT2D eigenvalue weighted by molar-refractivity contribution is -0.134. The van der Waals surface area contributed by atoms with Crippen LogP contribution < -0.4 is 4.74 Å². The molecule has 0 saturated heterocycles. The molecule has 1 aromatic carbocycles. The highest BCUT2D eigenvalue weighted by Crippen LogP contribution is 2.27. The molecule has 0 bridgehead atoms. The van der Waals surface area contributed by atoms with E-state index in [0.717, 1.165) is 57.8 Å². The van der Waals surface area contributed by atoms with Gasteiger partial charge in [0.15, 0.2) is 11.6 Å². The Morgan fingerprint density at radius 2 is 1.47 bits per heavy atom. The lowest BCUT2D eigenvalue weighted by atomic mass is 9.94. The van der Waals surface area contributed by atoms with Gasteiger partial charge in [-0.2, -0.15) is 0 Å². The Bertz CT molecular complexity index is 887.